The molecule has 144 valence electrons. The minimum atomic E-state index is -0.970. The number of carbonyl (C=O) groups excluding carboxylic acids is 1. The summed E-state index contributed by atoms with van der Waals surface area (Å²) in [6, 6.07) is 11.0. The average molecular weight is 377 g/mol. The second-order valence-electron chi connectivity index (χ2n) is 6.82. The summed E-state index contributed by atoms with van der Waals surface area (Å²) in [4.78, 5) is 27.5. The van der Waals surface area contributed by atoms with Crippen molar-refractivity contribution in [2.75, 3.05) is 0 Å². The van der Waals surface area contributed by atoms with Gasteiger partial charge in [-0.05, 0) is 42.7 Å². The number of hydrogen-bond donors (Lipinski definition) is 4. The molecular formula is C22H23N3O3. The van der Waals surface area contributed by atoms with Crippen LogP contribution in [-0.4, -0.2) is 33.4 Å². The fourth-order valence-corrected chi connectivity index (χ4v) is 3.43. The molecule has 28 heavy (non-hydrogen) atoms. The summed E-state index contributed by atoms with van der Waals surface area (Å²) in [5.41, 5.74) is 11.5. The number of aromatic nitrogens is 2. The lowest BCUT2D eigenvalue weighted by Crippen LogP contribution is -2.32. The minimum absolute atomic E-state index is 0.347. The van der Waals surface area contributed by atoms with Crippen LogP contribution in [0.25, 0.3) is 21.8 Å². The first-order valence-electron chi connectivity index (χ1n) is 8.98. The van der Waals surface area contributed by atoms with Crippen LogP contribution in [-0.2, 0) is 11.2 Å². The van der Waals surface area contributed by atoms with Gasteiger partial charge in [0.2, 0.25) is 0 Å². The Balaban J connectivity index is 0.000000167. The van der Waals surface area contributed by atoms with E-state index >= 15 is 0 Å². The molecule has 6 heteroatoms. The van der Waals surface area contributed by atoms with Gasteiger partial charge in [0.15, 0.2) is 6.29 Å². The summed E-state index contributed by atoms with van der Waals surface area (Å²) >= 11 is 0. The van der Waals surface area contributed by atoms with Crippen molar-refractivity contribution in [3.63, 3.8) is 0 Å². The zero-order chi connectivity index (χ0) is 20.3. The van der Waals surface area contributed by atoms with Gasteiger partial charge in [-0.15, -0.1) is 0 Å². The van der Waals surface area contributed by atoms with Gasteiger partial charge in [-0.2, -0.15) is 0 Å². The number of carboxylic acid groups (broad SMARTS) is 1. The number of nitrogens with two attached hydrogens (primary N) is 1. The fourth-order valence-electron chi connectivity index (χ4n) is 3.43. The van der Waals surface area contributed by atoms with Gasteiger partial charge in [0.1, 0.15) is 6.04 Å². The number of aliphatic carboxylic acids is 1. The molecule has 0 saturated carbocycles. The molecule has 0 aliphatic carbocycles. The number of hydrogen-bond acceptors (Lipinski definition) is 3. The van der Waals surface area contributed by atoms with Crippen LogP contribution in [0.15, 0.2) is 48.8 Å². The second-order valence-corrected chi connectivity index (χ2v) is 6.82. The maximum Gasteiger partial charge on any atom is 0.320 e. The molecule has 4 rings (SSSR count). The van der Waals surface area contributed by atoms with E-state index in [0.717, 1.165) is 50.3 Å². The van der Waals surface area contributed by atoms with Crippen LogP contribution >= 0.6 is 0 Å². The number of benzene rings is 2. The maximum atomic E-state index is 10.7. The summed E-state index contributed by atoms with van der Waals surface area (Å²) < 4.78 is 0. The van der Waals surface area contributed by atoms with Crippen molar-refractivity contribution >= 4 is 34.1 Å². The van der Waals surface area contributed by atoms with Crippen molar-refractivity contribution in [3.8, 4) is 0 Å². The van der Waals surface area contributed by atoms with Gasteiger partial charge >= 0.3 is 5.97 Å². The standard InChI is InChI=1S/C12H14N2O2.C10H9NO/c1-7-3-2-4-10-11(7)8(6-14-10)5-9(13)12(15)16;1-7-3-2-4-9-10(7)8(6-12)5-11-9/h2-4,6,9,14H,5,13H2,1H3,(H,15,16);2-6,11H,1H3. The van der Waals surface area contributed by atoms with E-state index in [1.54, 1.807) is 6.20 Å². The molecule has 2 heterocycles. The minimum Gasteiger partial charge on any atom is -0.480 e. The van der Waals surface area contributed by atoms with Crippen LogP contribution in [0.3, 0.4) is 0 Å². The molecule has 1 atom stereocenters. The van der Waals surface area contributed by atoms with Gasteiger partial charge in [0.05, 0.1) is 0 Å². The van der Waals surface area contributed by atoms with E-state index in [9.17, 15) is 9.59 Å². The first kappa shape index (κ1) is 19.4. The molecule has 0 aliphatic heterocycles. The molecule has 0 saturated heterocycles. The SMILES string of the molecule is Cc1cccc2[nH]cc(C=O)c12.Cc1cccc2[nH]cc(CC(N)C(=O)O)c12. The smallest absolute Gasteiger partial charge is 0.320 e. The summed E-state index contributed by atoms with van der Waals surface area (Å²) in [5, 5.41) is 10.9. The molecule has 0 fully saturated rings. The van der Waals surface area contributed by atoms with E-state index in [1.165, 1.54) is 0 Å². The number of rotatable bonds is 4. The predicted octanol–water partition coefficient (Wildman–Crippen LogP) is 3.72. The molecule has 0 spiro atoms. The monoisotopic (exact) mass is 377 g/mol. The molecule has 0 amide bonds. The third kappa shape index (κ3) is 3.82. The lowest BCUT2D eigenvalue weighted by molar-refractivity contribution is -0.138. The topological polar surface area (TPSA) is 112 Å². The van der Waals surface area contributed by atoms with Crippen molar-refractivity contribution in [2.24, 2.45) is 5.73 Å². The zero-order valence-electron chi connectivity index (χ0n) is 15.8. The van der Waals surface area contributed by atoms with Gasteiger partial charge < -0.3 is 20.8 Å². The molecular weight excluding hydrogens is 354 g/mol. The maximum absolute atomic E-state index is 10.7. The largest absolute Gasteiger partial charge is 0.480 e. The first-order valence-corrected chi connectivity index (χ1v) is 8.98. The van der Waals surface area contributed by atoms with Gasteiger partial charge in [0, 0.05) is 46.2 Å². The Hall–Kier alpha value is -3.38. The Morgan fingerprint density at radius 2 is 1.61 bits per heavy atom. The molecule has 0 radical (unpaired) electrons. The highest BCUT2D eigenvalue weighted by Crippen LogP contribution is 2.23. The highest BCUT2D eigenvalue weighted by molar-refractivity contribution is 5.99. The predicted molar refractivity (Wildman–Crippen MR) is 111 cm³/mol. The van der Waals surface area contributed by atoms with E-state index in [4.69, 9.17) is 10.8 Å². The van der Waals surface area contributed by atoms with Crippen LogP contribution < -0.4 is 5.73 Å². The number of nitrogens with one attached hydrogen (secondary N) is 2. The van der Waals surface area contributed by atoms with Crippen molar-refractivity contribution in [1.82, 2.24) is 9.97 Å². The molecule has 1 unspecified atom stereocenters. The number of H-pyrrole nitrogens is 2. The number of aromatic amines is 2. The third-order valence-corrected chi connectivity index (χ3v) is 4.82. The summed E-state index contributed by atoms with van der Waals surface area (Å²) in [6.07, 6.45) is 4.80. The highest BCUT2D eigenvalue weighted by Gasteiger charge is 2.15. The second kappa shape index (κ2) is 8.10. The molecule has 2 aromatic carbocycles. The molecule has 2 aromatic heterocycles. The van der Waals surface area contributed by atoms with Crippen LogP contribution in [0.1, 0.15) is 27.0 Å². The Labute approximate surface area is 162 Å². The first-order chi connectivity index (χ1) is 13.4. The fraction of sp³-hybridized carbons (Fsp3) is 0.182. The van der Waals surface area contributed by atoms with Crippen LogP contribution in [0.4, 0.5) is 0 Å². The Morgan fingerprint density at radius 3 is 2.21 bits per heavy atom. The molecule has 6 nitrogen and oxygen atoms in total. The number of carboxylic acids is 1. The van der Waals surface area contributed by atoms with E-state index in [-0.39, 0.29) is 0 Å². The number of fused-ring (bicyclic) bond motifs is 2. The van der Waals surface area contributed by atoms with Crippen molar-refractivity contribution in [2.45, 2.75) is 26.3 Å². The van der Waals surface area contributed by atoms with Crippen molar-refractivity contribution in [3.05, 3.63) is 71.0 Å². The number of aldehydes is 1. The van der Waals surface area contributed by atoms with E-state index in [1.807, 2.05) is 56.4 Å². The van der Waals surface area contributed by atoms with E-state index in [2.05, 4.69) is 9.97 Å². The van der Waals surface area contributed by atoms with Gasteiger partial charge in [-0.3, -0.25) is 9.59 Å². The Bertz CT molecular complexity index is 1140. The number of carbonyl (C=O) groups is 2. The van der Waals surface area contributed by atoms with Crippen LogP contribution in [0, 0.1) is 13.8 Å². The van der Waals surface area contributed by atoms with E-state index in [0.29, 0.717) is 6.42 Å². The Morgan fingerprint density at radius 1 is 1.04 bits per heavy atom. The van der Waals surface area contributed by atoms with Crippen molar-refractivity contribution < 1.29 is 14.7 Å². The lowest BCUT2D eigenvalue weighted by Gasteiger charge is -2.06. The van der Waals surface area contributed by atoms with E-state index < -0.39 is 12.0 Å². The van der Waals surface area contributed by atoms with Crippen LogP contribution in [0.5, 0.6) is 0 Å². The number of aryl methyl sites for hydroxylation is 2. The van der Waals surface area contributed by atoms with Crippen molar-refractivity contribution in [1.29, 1.82) is 0 Å². The Kier molecular flexibility index (Phi) is 5.61. The lowest BCUT2D eigenvalue weighted by atomic mass is 10.0. The molecule has 5 N–H and O–H groups in total. The summed E-state index contributed by atoms with van der Waals surface area (Å²) in [6.45, 7) is 4.01. The third-order valence-electron chi connectivity index (χ3n) is 4.82. The highest BCUT2D eigenvalue weighted by atomic mass is 16.4. The van der Waals surface area contributed by atoms with Gasteiger partial charge in [-0.1, -0.05) is 24.3 Å². The molecule has 4 aromatic rings. The molecule has 0 bridgehead atoms. The average Bonchev–Trinajstić information content (AvgIpc) is 3.28. The molecule has 0 aliphatic rings. The summed E-state index contributed by atoms with van der Waals surface area (Å²) in [7, 11) is 0. The van der Waals surface area contributed by atoms with Gasteiger partial charge in [0.25, 0.3) is 0 Å². The summed E-state index contributed by atoms with van der Waals surface area (Å²) in [5.74, 6) is -0.970. The van der Waals surface area contributed by atoms with Gasteiger partial charge in [-0.25, -0.2) is 0 Å². The normalized spacial score (nSPS) is 11.8. The quantitative estimate of drug-likeness (QED) is 0.406. The zero-order valence-corrected chi connectivity index (χ0v) is 15.8. The van der Waals surface area contributed by atoms with Crippen LogP contribution in [0.2, 0.25) is 0 Å².